The first-order valence-electron chi connectivity index (χ1n) is 3.06. The van der Waals surface area contributed by atoms with Crippen LogP contribution in [0.1, 0.15) is 26.2 Å². The van der Waals surface area contributed by atoms with Crippen LogP contribution in [-0.2, 0) is 6.16 Å². The van der Waals surface area contributed by atoms with Crippen molar-refractivity contribution in [2.24, 2.45) is 0 Å². The van der Waals surface area contributed by atoms with Gasteiger partial charge in [-0.25, -0.2) is 0 Å². The zero-order valence-electron chi connectivity index (χ0n) is 5.09. The standard InChI is InChI=1S/C5H11OPS/c1-2-3-4-5-7-6-8-7/h2-5H2,1H3. The van der Waals surface area contributed by atoms with Crippen molar-refractivity contribution in [2.45, 2.75) is 32.3 Å². The van der Waals surface area contributed by atoms with Gasteiger partial charge >= 0.3 is 0 Å². The molecule has 0 saturated heterocycles. The van der Waals surface area contributed by atoms with E-state index in [4.69, 9.17) is 3.63 Å². The van der Waals surface area contributed by atoms with Crippen LogP contribution in [0.5, 0.6) is 0 Å². The van der Waals surface area contributed by atoms with Crippen molar-refractivity contribution < 1.29 is 3.63 Å². The van der Waals surface area contributed by atoms with Gasteiger partial charge in [0.25, 0.3) is 0 Å². The van der Waals surface area contributed by atoms with Crippen molar-refractivity contribution in [3.8, 4) is 0 Å². The lowest BCUT2D eigenvalue weighted by molar-refractivity contribution is 0.744. The molecule has 0 bridgehead atoms. The molecule has 0 aliphatic rings. The second-order valence-electron chi connectivity index (χ2n) is 1.91. The van der Waals surface area contributed by atoms with Gasteiger partial charge in [-0.3, -0.25) is 0 Å². The predicted molar refractivity (Wildman–Crippen MR) is 38.8 cm³/mol. The summed E-state index contributed by atoms with van der Waals surface area (Å²) in [5, 5.41) is 0. The molecule has 0 aromatic carbocycles. The number of rotatable bonds is 4. The predicted octanol–water partition coefficient (Wildman–Crippen LogP) is 3.52. The fourth-order valence-electron chi connectivity index (χ4n) is 0.589. The first-order valence-corrected chi connectivity index (χ1v) is 5.85. The van der Waals surface area contributed by atoms with Crippen LogP contribution in [-0.4, -0.2) is 0 Å². The fraction of sp³-hybridized carbons (Fsp3) is 1.00. The molecule has 8 heavy (non-hydrogen) atoms. The highest BCUT2D eigenvalue weighted by Gasteiger charge is 2.00. The lowest BCUT2D eigenvalue weighted by Crippen LogP contribution is -1.68. The first kappa shape index (κ1) is 6.44. The van der Waals surface area contributed by atoms with E-state index in [0.717, 1.165) is 0 Å². The van der Waals surface area contributed by atoms with Crippen LogP contribution < -0.4 is 0 Å². The Balaban J connectivity index is 1.84. The van der Waals surface area contributed by atoms with E-state index in [1.807, 2.05) is 0 Å². The van der Waals surface area contributed by atoms with E-state index in [2.05, 4.69) is 6.92 Å². The molecule has 0 N–H and O–H groups in total. The van der Waals surface area contributed by atoms with Gasteiger partial charge in [0.1, 0.15) is 0 Å². The number of hydrogen-bond acceptors (Lipinski definition) is 2. The summed E-state index contributed by atoms with van der Waals surface area (Å²) < 4.78 is 5.04. The Labute approximate surface area is 54.8 Å². The number of hydrogen-bond donors (Lipinski definition) is 0. The summed E-state index contributed by atoms with van der Waals surface area (Å²) in [6.45, 7) is 2.28. The largest absolute Gasteiger partial charge is 0.376 e. The van der Waals surface area contributed by atoms with E-state index in [1.165, 1.54) is 25.4 Å². The van der Waals surface area contributed by atoms with Crippen LogP contribution >= 0.6 is 18.2 Å². The summed E-state index contributed by atoms with van der Waals surface area (Å²) in [4.78, 5) is 0. The van der Waals surface area contributed by atoms with Crippen molar-refractivity contribution in [2.75, 3.05) is 0 Å². The highest BCUT2D eigenvalue weighted by atomic mass is 32.6. The average Bonchev–Trinajstić information content (AvgIpc) is 2.51. The zero-order chi connectivity index (χ0) is 5.82. The maximum Gasteiger partial charge on any atom is 0.153 e. The molecular formula is C5H11OPS. The highest BCUT2D eigenvalue weighted by molar-refractivity contribution is 7.94. The summed E-state index contributed by atoms with van der Waals surface area (Å²) in [5.74, 6) is 0. The van der Waals surface area contributed by atoms with E-state index >= 15 is 0 Å². The van der Waals surface area contributed by atoms with Crippen LogP contribution in [0.2, 0.25) is 0 Å². The summed E-state index contributed by atoms with van der Waals surface area (Å²) in [5.41, 5.74) is 0. The van der Waals surface area contributed by atoms with Gasteiger partial charge in [0.05, 0.1) is 11.2 Å². The van der Waals surface area contributed by atoms with Gasteiger partial charge in [0.15, 0.2) is 6.95 Å². The third-order valence-corrected chi connectivity index (χ3v) is 3.79. The normalized spacial score (nSPS) is 12.9. The topological polar surface area (TPSA) is 13.1 Å². The van der Waals surface area contributed by atoms with Crippen LogP contribution in [0.15, 0.2) is 3.63 Å². The third kappa shape index (κ3) is 2.58. The van der Waals surface area contributed by atoms with Gasteiger partial charge < -0.3 is 3.63 Å². The van der Waals surface area contributed by atoms with Gasteiger partial charge in [-0.2, -0.15) is 0 Å². The first-order chi connectivity index (χ1) is 3.93. The maximum atomic E-state index is 5.04. The van der Waals surface area contributed by atoms with E-state index in [1.54, 1.807) is 11.2 Å². The Hall–Kier alpha value is 0.320. The van der Waals surface area contributed by atoms with Crippen molar-refractivity contribution in [3.63, 3.8) is 0 Å². The molecule has 1 unspecified atom stereocenters. The summed E-state index contributed by atoms with van der Waals surface area (Å²) in [6.07, 6.45) is 5.40. The summed E-state index contributed by atoms with van der Waals surface area (Å²) in [7, 11) is 0. The molecule has 0 fully saturated rings. The van der Waals surface area contributed by atoms with Gasteiger partial charge in [-0.1, -0.05) is 19.8 Å². The lowest BCUT2D eigenvalue weighted by Gasteiger charge is -1.86. The van der Waals surface area contributed by atoms with Gasteiger partial charge in [0, 0.05) is 6.16 Å². The second kappa shape index (κ2) is 3.37. The Morgan fingerprint density at radius 2 is 2.25 bits per heavy atom. The SMILES string of the molecule is CCCCCp1os1. The van der Waals surface area contributed by atoms with Crippen LogP contribution in [0, 0.1) is 0 Å². The van der Waals surface area contributed by atoms with E-state index in [-0.39, 0.29) is 6.95 Å². The lowest BCUT2D eigenvalue weighted by atomic mass is 10.3. The van der Waals surface area contributed by atoms with Crippen molar-refractivity contribution in [1.29, 1.82) is 0 Å². The molecule has 1 nitrogen and oxygen atoms in total. The van der Waals surface area contributed by atoms with Gasteiger partial charge in [-0.15, -0.1) is 0 Å². The number of unbranched alkanes of at least 4 members (excludes halogenated alkanes) is 2. The van der Waals surface area contributed by atoms with E-state index in [9.17, 15) is 0 Å². The molecule has 1 aromatic heterocycles. The second-order valence-corrected chi connectivity index (χ2v) is 5.44. The Bertz CT molecular complexity index is 112. The number of aryl methyl sites for hydroxylation is 1. The molecule has 0 aliphatic carbocycles. The van der Waals surface area contributed by atoms with Crippen LogP contribution in [0.25, 0.3) is 0 Å². The van der Waals surface area contributed by atoms with E-state index < -0.39 is 0 Å². The van der Waals surface area contributed by atoms with Crippen molar-refractivity contribution in [1.82, 2.24) is 0 Å². The average molecular weight is 150 g/mol. The molecule has 3 heteroatoms. The fourth-order valence-corrected chi connectivity index (χ4v) is 2.67. The van der Waals surface area contributed by atoms with Gasteiger partial charge in [0.2, 0.25) is 0 Å². The monoisotopic (exact) mass is 150 g/mol. The van der Waals surface area contributed by atoms with Crippen molar-refractivity contribution >= 4 is 18.2 Å². The van der Waals surface area contributed by atoms with Crippen molar-refractivity contribution in [3.05, 3.63) is 0 Å². The van der Waals surface area contributed by atoms with E-state index in [0.29, 0.717) is 0 Å². The zero-order valence-corrected chi connectivity index (χ0v) is 6.80. The minimum absolute atomic E-state index is 0.0546. The molecule has 1 aromatic rings. The Morgan fingerprint density at radius 3 is 2.75 bits per heavy atom. The molecular weight excluding hydrogens is 139 g/mol. The molecule has 0 radical (unpaired) electrons. The third-order valence-electron chi connectivity index (χ3n) is 1.12. The molecule has 0 amide bonds. The Kier molecular flexibility index (Phi) is 2.71. The minimum Gasteiger partial charge on any atom is -0.376 e. The summed E-state index contributed by atoms with van der Waals surface area (Å²) >= 11 is 1.68. The van der Waals surface area contributed by atoms with Crippen LogP contribution in [0.4, 0.5) is 0 Å². The van der Waals surface area contributed by atoms with Gasteiger partial charge in [-0.05, 0) is 6.42 Å². The highest BCUT2D eigenvalue weighted by Crippen LogP contribution is 2.46. The molecule has 1 rings (SSSR count). The molecule has 48 valence electrons. The smallest absolute Gasteiger partial charge is 0.153 e. The maximum absolute atomic E-state index is 5.04. The minimum atomic E-state index is 0.0546. The molecule has 0 saturated carbocycles. The quantitative estimate of drug-likeness (QED) is 0.598. The molecule has 0 spiro atoms. The van der Waals surface area contributed by atoms with Crippen LogP contribution in [0.3, 0.4) is 0 Å². The Morgan fingerprint density at radius 1 is 1.50 bits per heavy atom. The molecule has 1 heterocycles. The molecule has 0 aliphatic heterocycles. The summed E-state index contributed by atoms with van der Waals surface area (Å²) in [6, 6.07) is 0. The molecule has 1 atom stereocenters.